The van der Waals surface area contributed by atoms with Gasteiger partial charge in [-0.05, 0) is 55.7 Å². The zero-order chi connectivity index (χ0) is 19.4. The average Bonchev–Trinajstić information content (AvgIpc) is 3.04. The number of carbonyl (C=O) groups excluding carboxylic acids is 1. The number of anilines is 1. The van der Waals surface area contributed by atoms with E-state index in [1.807, 2.05) is 40.8 Å². The predicted molar refractivity (Wildman–Crippen MR) is 111 cm³/mol. The lowest BCUT2D eigenvalue weighted by Gasteiger charge is -2.32. The van der Waals surface area contributed by atoms with Gasteiger partial charge in [0.15, 0.2) is 4.77 Å². The van der Waals surface area contributed by atoms with Gasteiger partial charge in [0.05, 0.1) is 0 Å². The fourth-order valence-corrected chi connectivity index (χ4v) is 3.80. The molecule has 1 atom stereocenters. The summed E-state index contributed by atoms with van der Waals surface area (Å²) in [6.07, 6.45) is 4.35. The van der Waals surface area contributed by atoms with Crippen molar-refractivity contribution < 1.29 is 4.79 Å². The second kappa shape index (κ2) is 8.69. The first-order valence-corrected chi connectivity index (χ1v) is 10.1. The van der Waals surface area contributed by atoms with Gasteiger partial charge in [-0.1, -0.05) is 13.3 Å². The number of H-pyrrole nitrogens is 1. The minimum atomic E-state index is 0.0965. The number of carbonyl (C=O) groups is 1. The molecular formula is C20H29N5OS. The van der Waals surface area contributed by atoms with Gasteiger partial charge < -0.3 is 14.4 Å². The molecule has 6 nitrogen and oxygen atoms in total. The maximum Gasteiger partial charge on any atom is 0.253 e. The van der Waals surface area contributed by atoms with Crippen molar-refractivity contribution in [1.29, 1.82) is 0 Å². The summed E-state index contributed by atoms with van der Waals surface area (Å²) in [7, 11) is 4.02. The van der Waals surface area contributed by atoms with Crippen LogP contribution in [0.2, 0.25) is 0 Å². The van der Waals surface area contributed by atoms with Crippen molar-refractivity contribution in [2.24, 2.45) is 7.05 Å². The maximum atomic E-state index is 13.0. The summed E-state index contributed by atoms with van der Waals surface area (Å²) >= 11 is 5.22. The third kappa shape index (κ3) is 4.40. The van der Waals surface area contributed by atoms with Gasteiger partial charge in [-0.15, -0.1) is 0 Å². The first-order chi connectivity index (χ1) is 13.0. The molecule has 0 aliphatic carbocycles. The number of hydrogen-bond donors (Lipinski definition) is 1. The highest BCUT2D eigenvalue weighted by molar-refractivity contribution is 7.71. The van der Waals surface area contributed by atoms with E-state index in [0.717, 1.165) is 43.0 Å². The van der Waals surface area contributed by atoms with E-state index in [1.165, 1.54) is 12.8 Å². The monoisotopic (exact) mass is 387 g/mol. The van der Waals surface area contributed by atoms with E-state index in [2.05, 4.69) is 29.1 Å². The predicted octanol–water partition coefficient (Wildman–Crippen LogP) is 3.73. The van der Waals surface area contributed by atoms with Crippen LogP contribution in [0.1, 0.15) is 54.7 Å². The Morgan fingerprint density at radius 2 is 2.11 bits per heavy atom. The molecule has 1 saturated heterocycles. The molecule has 0 bridgehead atoms. The Morgan fingerprint density at radius 1 is 1.37 bits per heavy atom. The first kappa shape index (κ1) is 19.6. The van der Waals surface area contributed by atoms with E-state index in [-0.39, 0.29) is 11.8 Å². The van der Waals surface area contributed by atoms with Gasteiger partial charge in [0.2, 0.25) is 0 Å². The average molecular weight is 388 g/mol. The standard InChI is InChI=1S/C20H29N5OS/c1-4-5-12-23(2)17-10-8-15(9-11-17)19(26)25-13-6-7-16(14-25)18-21-22-20(27)24(18)3/h8-11,16H,4-7,12-14H2,1-3H3,(H,22,27). The number of piperidine rings is 1. The topological polar surface area (TPSA) is 57.2 Å². The lowest BCUT2D eigenvalue weighted by atomic mass is 9.96. The minimum Gasteiger partial charge on any atom is -0.375 e. The lowest BCUT2D eigenvalue weighted by molar-refractivity contribution is 0.0703. The van der Waals surface area contributed by atoms with E-state index in [4.69, 9.17) is 12.2 Å². The van der Waals surface area contributed by atoms with Gasteiger partial charge in [0.1, 0.15) is 5.82 Å². The zero-order valence-corrected chi connectivity index (χ0v) is 17.3. The Bertz CT molecular complexity index is 826. The molecule has 2 heterocycles. The van der Waals surface area contributed by atoms with E-state index in [1.54, 1.807) is 0 Å². The Labute approximate surface area is 166 Å². The second-order valence-corrected chi connectivity index (χ2v) is 7.74. The zero-order valence-electron chi connectivity index (χ0n) is 16.4. The molecule has 0 spiro atoms. The second-order valence-electron chi connectivity index (χ2n) is 7.36. The third-order valence-electron chi connectivity index (χ3n) is 5.39. The van der Waals surface area contributed by atoms with Gasteiger partial charge >= 0.3 is 0 Å². The van der Waals surface area contributed by atoms with Gasteiger partial charge in [0.25, 0.3) is 5.91 Å². The molecule has 1 aromatic heterocycles. The van der Waals surface area contributed by atoms with Crippen LogP contribution in [0, 0.1) is 4.77 Å². The normalized spacial score (nSPS) is 17.1. The summed E-state index contributed by atoms with van der Waals surface area (Å²) in [5, 5.41) is 7.21. The van der Waals surface area contributed by atoms with E-state index in [9.17, 15) is 4.79 Å². The van der Waals surface area contributed by atoms with Crippen LogP contribution < -0.4 is 4.90 Å². The summed E-state index contributed by atoms with van der Waals surface area (Å²) in [6, 6.07) is 7.97. The highest BCUT2D eigenvalue weighted by Gasteiger charge is 2.28. The van der Waals surface area contributed by atoms with Crippen molar-refractivity contribution in [3.8, 4) is 0 Å². The molecule has 3 rings (SSSR count). The number of rotatable bonds is 6. The Hall–Kier alpha value is -2.15. The summed E-state index contributed by atoms with van der Waals surface area (Å²) < 4.78 is 2.53. The number of benzene rings is 1. The smallest absolute Gasteiger partial charge is 0.253 e. The van der Waals surface area contributed by atoms with Gasteiger partial charge in [-0.3, -0.25) is 9.89 Å². The van der Waals surface area contributed by atoms with Crippen molar-refractivity contribution >= 4 is 23.8 Å². The summed E-state index contributed by atoms with van der Waals surface area (Å²) in [5.41, 5.74) is 1.90. The number of nitrogens with one attached hydrogen (secondary N) is 1. The van der Waals surface area contributed by atoms with Gasteiger partial charge in [0, 0.05) is 50.9 Å². The minimum absolute atomic E-state index is 0.0965. The van der Waals surface area contributed by atoms with Crippen LogP contribution in [0.5, 0.6) is 0 Å². The summed E-state index contributed by atoms with van der Waals surface area (Å²) in [5.74, 6) is 1.25. The molecule has 146 valence electrons. The molecule has 2 aromatic rings. The van der Waals surface area contributed by atoms with E-state index >= 15 is 0 Å². The van der Waals surface area contributed by atoms with Crippen molar-refractivity contribution in [2.45, 2.75) is 38.5 Å². The molecule has 1 aromatic carbocycles. The molecule has 1 aliphatic heterocycles. The molecule has 1 aliphatic rings. The largest absolute Gasteiger partial charge is 0.375 e. The van der Waals surface area contributed by atoms with E-state index < -0.39 is 0 Å². The number of amides is 1. The van der Waals surface area contributed by atoms with Crippen molar-refractivity contribution in [2.75, 3.05) is 31.6 Å². The van der Waals surface area contributed by atoms with Crippen molar-refractivity contribution in [3.63, 3.8) is 0 Å². The number of hydrogen-bond acceptors (Lipinski definition) is 4. The SMILES string of the molecule is CCCCN(C)c1ccc(C(=O)N2CCCC(c3n[nH]c(=S)n3C)C2)cc1. The van der Waals surface area contributed by atoms with E-state index in [0.29, 0.717) is 11.3 Å². The van der Waals surface area contributed by atoms with Crippen LogP contribution in [0.3, 0.4) is 0 Å². The van der Waals surface area contributed by atoms with Crippen LogP contribution in [-0.4, -0.2) is 52.3 Å². The molecule has 7 heteroatoms. The number of unbranched alkanes of at least 4 members (excludes halogenated alkanes) is 1. The Balaban J connectivity index is 1.68. The molecule has 1 amide bonds. The van der Waals surface area contributed by atoms with Crippen LogP contribution in [0.25, 0.3) is 0 Å². The lowest BCUT2D eigenvalue weighted by Crippen LogP contribution is -2.39. The number of nitrogens with zero attached hydrogens (tertiary/aromatic N) is 4. The summed E-state index contributed by atoms with van der Waals surface area (Å²) in [4.78, 5) is 17.2. The highest BCUT2D eigenvalue weighted by Crippen LogP contribution is 2.26. The van der Waals surface area contributed by atoms with Crippen LogP contribution in [0.15, 0.2) is 24.3 Å². The first-order valence-electron chi connectivity index (χ1n) is 9.73. The molecule has 27 heavy (non-hydrogen) atoms. The highest BCUT2D eigenvalue weighted by atomic mass is 32.1. The molecule has 1 fully saturated rings. The molecular weight excluding hydrogens is 358 g/mol. The Morgan fingerprint density at radius 3 is 2.74 bits per heavy atom. The van der Waals surface area contributed by atoms with Crippen LogP contribution in [0.4, 0.5) is 5.69 Å². The van der Waals surface area contributed by atoms with Gasteiger partial charge in [-0.2, -0.15) is 5.10 Å². The fourth-order valence-electron chi connectivity index (χ4n) is 3.66. The number of likely N-dealkylation sites (tertiary alicyclic amines) is 1. The third-order valence-corrected chi connectivity index (χ3v) is 5.76. The van der Waals surface area contributed by atoms with Crippen LogP contribution >= 0.6 is 12.2 Å². The van der Waals surface area contributed by atoms with Crippen LogP contribution in [-0.2, 0) is 7.05 Å². The van der Waals surface area contributed by atoms with Crippen molar-refractivity contribution in [1.82, 2.24) is 19.7 Å². The Kier molecular flexibility index (Phi) is 6.31. The molecule has 1 N–H and O–H groups in total. The molecule has 0 radical (unpaired) electrons. The number of aromatic nitrogens is 3. The van der Waals surface area contributed by atoms with Gasteiger partial charge in [-0.25, -0.2) is 0 Å². The maximum absolute atomic E-state index is 13.0. The van der Waals surface area contributed by atoms with Crippen molar-refractivity contribution in [3.05, 3.63) is 40.4 Å². The number of aromatic amines is 1. The molecule has 0 saturated carbocycles. The quantitative estimate of drug-likeness (QED) is 0.767. The fraction of sp³-hybridized carbons (Fsp3) is 0.550. The molecule has 1 unspecified atom stereocenters. The summed E-state index contributed by atoms with van der Waals surface area (Å²) in [6.45, 7) is 4.70.